The molecule has 1 aromatic heterocycles. The summed E-state index contributed by atoms with van der Waals surface area (Å²) >= 11 is 10.2. The summed E-state index contributed by atoms with van der Waals surface area (Å²) in [6, 6.07) is 8.33. The lowest BCUT2D eigenvalue weighted by molar-refractivity contribution is -0.387. The lowest BCUT2D eigenvalue weighted by atomic mass is 10.3. The van der Waals surface area contributed by atoms with Crippen LogP contribution in [0, 0.1) is 10.1 Å². The minimum Gasteiger partial charge on any atom is -0.258 e. The fourth-order valence-electron chi connectivity index (χ4n) is 1.25. The topological polar surface area (TPSA) is 56.0 Å². The first-order chi connectivity index (χ1) is 8.56. The number of benzene rings is 1. The van der Waals surface area contributed by atoms with E-state index in [1.165, 1.54) is 24.0 Å². The van der Waals surface area contributed by atoms with Crippen molar-refractivity contribution in [2.75, 3.05) is 0 Å². The third-order valence-electron chi connectivity index (χ3n) is 2.03. The fourth-order valence-corrected chi connectivity index (χ4v) is 2.56. The van der Waals surface area contributed by atoms with Gasteiger partial charge in [0.1, 0.15) is 5.03 Å². The summed E-state index contributed by atoms with van der Waals surface area (Å²) in [6.45, 7) is 0. The zero-order chi connectivity index (χ0) is 13.1. The van der Waals surface area contributed by atoms with Gasteiger partial charge in [-0.2, -0.15) is 0 Å². The molecule has 2 rings (SSSR count). The van der Waals surface area contributed by atoms with Crippen LogP contribution in [0.2, 0.25) is 5.02 Å². The molecule has 0 unspecified atom stereocenters. The molecular formula is C11H6BrClN2O2S. The highest BCUT2D eigenvalue weighted by Crippen LogP contribution is 2.35. The van der Waals surface area contributed by atoms with E-state index in [0.29, 0.717) is 19.4 Å². The van der Waals surface area contributed by atoms with E-state index >= 15 is 0 Å². The molecule has 0 radical (unpaired) electrons. The van der Waals surface area contributed by atoms with Crippen LogP contribution < -0.4 is 0 Å². The molecule has 0 N–H and O–H groups in total. The van der Waals surface area contributed by atoms with E-state index in [4.69, 9.17) is 11.6 Å². The maximum atomic E-state index is 10.9. The second kappa shape index (κ2) is 5.69. The number of aromatic nitrogens is 1. The first-order valence-electron chi connectivity index (χ1n) is 4.79. The molecule has 7 heteroatoms. The molecule has 0 saturated heterocycles. The van der Waals surface area contributed by atoms with Crippen LogP contribution in [0.25, 0.3) is 0 Å². The zero-order valence-corrected chi connectivity index (χ0v) is 12.0. The largest absolute Gasteiger partial charge is 0.284 e. The molecule has 0 spiro atoms. The molecule has 0 aliphatic carbocycles. The number of hydrogen-bond acceptors (Lipinski definition) is 4. The van der Waals surface area contributed by atoms with Crippen LogP contribution in [0.5, 0.6) is 0 Å². The van der Waals surface area contributed by atoms with Crippen LogP contribution in [0.3, 0.4) is 0 Å². The summed E-state index contributed by atoms with van der Waals surface area (Å²) in [7, 11) is 0. The van der Waals surface area contributed by atoms with Crippen molar-refractivity contribution in [1.29, 1.82) is 0 Å². The van der Waals surface area contributed by atoms with Crippen molar-refractivity contribution >= 4 is 45.0 Å². The summed E-state index contributed by atoms with van der Waals surface area (Å²) in [5.74, 6) is 0. The van der Waals surface area contributed by atoms with E-state index in [0.717, 1.165) is 0 Å². The number of nitrogens with zero attached hydrogens (tertiary/aromatic N) is 2. The molecule has 2 aromatic rings. The molecule has 1 heterocycles. The molecule has 0 aliphatic rings. The number of halogens is 2. The number of nitro benzene ring substituents is 1. The Morgan fingerprint density at radius 1 is 1.33 bits per heavy atom. The van der Waals surface area contributed by atoms with E-state index < -0.39 is 4.92 Å². The van der Waals surface area contributed by atoms with Gasteiger partial charge in [0.15, 0.2) is 0 Å². The summed E-state index contributed by atoms with van der Waals surface area (Å²) in [5.41, 5.74) is 0.0473. The van der Waals surface area contributed by atoms with E-state index in [9.17, 15) is 10.1 Å². The third kappa shape index (κ3) is 3.22. The van der Waals surface area contributed by atoms with E-state index in [-0.39, 0.29) is 5.69 Å². The average Bonchev–Trinajstić information content (AvgIpc) is 2.34. The quantitative estimate of drug-likeness (QED) is 0.604. The lowest BCUT2D eigenvalue weighted by Crippen LogP contribution is -1.91. The molecule has 0 aliphatic heterocycles. The highest BCUT2D eigenvalue weighted by Gasteiger charge is 2.15. The van der Waals surface area contributed by atoms with Crippen LogP contribution in [0.1, 0.15) is 0 Å². The molecule has 0 saturated carbocycles. The van der Waals surface area contributed by atoms with Gasteiger partial charge in [-0.1, -0.05) is 39.3 Å². The number of pyridine rings is 1. The summed E-state index contributed by atoms with van der Waals surface area (Å²) in [6.07, 6.45) is 1.51. The molecule has 4 nitrogen and oxygen atoms in total. The molecule has 0 amide bonds. The maximum absolute atomic E-state index is 10.9. The molecule has 0 atom stereocenters. The smallest absolute Gasteiger partial charge is 0.258 e. The predicted octanol–water partition coefficient (Wildman–Crippen LogP) is 4.56. The van der Waals surface area contributed by atoms with Gasteiger partial charge in [-0.05, 0) is 24.3 Å². The van der Waals surface area contributed by atoms with Crippen LogP contribution in [-0.4, -0.2) is 9.91 Å². The number of hydrogen-bond donors (Lipinski definition) is 0. The SMILES string of the molecule is O=[N+]([O-])c1cc(Br)ccc1Sc1ccc(Cl)cn1. The Bertz CT molecular complexity index is 592. The Balaban J connectivity index is 2.34. The molecular weight excluding hydrogens is 340 g/mol. The second-order valence-corrected chi connectivity index (χ2v) is 5.70. The van der Waals surface area contributed by atoms with Crippen LogP contribution in [0.15, 0.2) is 50.9 Å². The summed E-state index contributed by atoms with van der Waals surface area (Å²) in [5, 5.41) is 12.1. The van der Waals surface area contributed by atoms with Crippen molar-refractivity contribution in [3.63, 3.8) is 0 Å². The summed E-state index contributed by atoms with van der Waals surface area (Å²) in [4.78, 5) is 15.2. The first kappa shape index (κ1) is 13.3. The molecule has 0 bridgehead atoms. The van der Waals surface area contributed by atoms with Gasteiger partial charge >= 0.3 is 0 Å². The first-order valence-corrected chi connectivity index (χ1v) is 6.78. The average molecular weight is 346 g/mol. The summed E-state index contributed by atoms with van der Waals surface area (Å²) < 4.78 is 0.669. The monoisotopic (exact) mass is 344 g/mol. The normalized spacial score (nSPS) is 10.3. The van der Waals surface area contributed by atoms with Crippen LogP contribution in [-0.2, 0) is 0 Å². The number of rotatable bonds is 3. The van der Waals surface area contributed by atoms with E-state index in [2.05, 4.69) is 20.9 Å². The van der Waals surface area contributed by atoms with Crippen molar-refractivity contribution in [2.24, 2.45) is 0 Å². The zero-order valence-electron chi connectivity index (χ0n) is 8.84. The van der Waals surface area contributed by atoms with Crippen molar-refractivity contribution in [1.82, 2.24) is 4.98 Å². The second-order valence-electron chi connectivity index (χ2n) is 3.29. The van der Waals surface area contributed by atoms with Gasteiger partial charge in [-0.3, -0.25) is 10.1 Å². The van der Waals surface area contributed by atoms with Gasteiger partial charge in [-0.25, -0.2) is 4.98 Å². The van der Waals surface area contributed by atoms with E-state index in [1.54, 1.807) is 24.3 Å². The Morgan fingerprint density at radius 2 is 2.11 bits per heavy atom. The Kier molecular flexibility index (Phi) is 4.21. The van der Waals surface area contributed by atoms with Gasteiger partial charge in [0, 0.05) is 16.7 Å². The van der Waals surface area contributed by atoms with Gasteiger partial charge < -0.3 is 0 Å². The van der Waals surface area contributed by atoms with E-state index in [1.807, 2.05) is 0 Å². The van der Waals surface area contributed by atoms with Crippen molar-refractivity contribution < 1.29 is 4.92 Å². The standard InChI is InChI=1S/C11H6BrClN2O2S/c12-7-1-3-10(9(5-7)15(16)17)18-11-4-2-8(13)6-14-11/h1-6H. The fraction of sp³-hybridized carbons (Fsp3) is 0. The molecule has 1 aromatic carbocycles. The molecule has 92 valence electrons. The van der Waals surface area contributed by atoms with Crippen LogP contribution in [0.4, 0.5) is 5.69 Å². The Morgan fingerprint density at radius 3 is 2.72 bits per heavy atom. The highest BCUT2D eigenvalue weighted by molar-refractivity contribution is 9.10. The van der Waals surface area contributed by atoms with Crippen molar-refractivity contribution in [3.8, 4) is 0 Å². The van der Waals surface area contributed by atoms with Crippen molar-refractivity contribution in [2.45, 2.75) is 9.92 Å². The lowest BCUT2D eigenvalue weighted by Gasteiger charge is -2.02. The van der Waals surface area contributed by atoms with Crippen molar-refractivity contribution in [3.05, 3.63) is 56.1 Å². The Hall–Kier alpha value is -1.11. The highest BCUT2D eigenvalue weighted by atomic mass is 79.9. The molecule has 0 fully saturated rings. The minimum absolute atomic E-state index is 0.0473. The van der Waals surface area contributed by atoms with Gasteiger partial charge in [0.05, 0.1) is 14.8 Å². The van der Waals surface area contributed by atoms with Crippen LogP contribution >= 0.6 is 39.3 Å². The van der Waals surface area contributed by atoms with Gasteiger partial charge in [0.2, 0.25) is 0 Å². The van der Waals surface area contributed by atoms with Gasteiger partial charge in [0.25, 0.3) is 5.69 Å². The maximum Gasteiger partial charge on any atom is 0.284 e. The number of nitro groups is 1. The van der Waals surface area contributed by atoms with Gasteiger partial charge in [-0.15, -0.1) is 0 Å². The molecule has 18 heavy (non-hydrogen) atoms. The predicted molar refractivity (Wildman–Crippen MR) is 74.2 cm³/mol. The minimum atomic E-state index is -0.414. The third-order valence-corrected chi connectivity index (χ3v) is 3.77. The Labute approximate surface area is 121 Å².